The molecule has 1 aliphatic rings. The molecule has 5 heteroatoms. The van der Waals surface area contributed by atoms with E-state index in [4.69, 9.17) is 4.52 Å². The molecular weight excluding hydrogens is 269 g/mol. The van der Waals surface area contributed by atoms with E-state index in [1.54, 1.807) is 12.3 Å². The van der Waals surface area contributed by atoms with Gasteiger partial charge in [-0.15, -0.1) is 0 Å². The summed E-state index contributed by atoms with van der Waals surface area (Å²) in [6, 6.07) is 5.62. The molecule has 2 aromatic heterocycles. The number of nitrogens with zero attached hydrogens (tertiary/aromatic N) is 3. The molecule has 3 rings (SSSR count). The second kappa shape index (κ2) is 6.61. The summed E-state index contributed by atoms with van der Waals surface area (Å²) < 4.78 is 19.1. The molecule has 4 nitrogen and oxygen atoms in total. The standard InChI is InChI=1S/C16H18FN3O/c17-14(10-12-6-2-1-3-7-12)16-19-15(20-21-16)11-13-8-4-5-9-18-13/h4-5,8-10,12H,1-3,6-7,11H2. The van der Waals surface area contributed by atoms with Crippen LogP contribution in [0.15, 0.2) is 35.0 Å². The summed E-state index contributed by atoms with van der Waals surface area (Å²) in [6.45, 7) is 0. The fourth-order valence-corrected chi connectivity index (χ4v) is 2.67. The lowest BCUT2D eigenvalue weighted by atomic mass is 9.89. The number of hydrogen-bond donors (Lipinski definition) is 0. The van der Waals surface area contributed by atoms with Crippen molar-refractivity contribution in [1.29, 1.82) is 0 Å². The maximum Gasteiger partial charge on any atom is 0.286 e. The van der Waals surface area contributed by atoms with E-state index >= 15 is 0 Å². The Balaban J connectivity index is 1.67. The Morgan fingerprint density at radius 1 is 1.29 bits per heavy atom. The number of pyridine rings is 1. The molecule has 2 heterocycles. The molecule has 0 spiro atoms. The third-order valence-corrected chi connectivity index (χ3v) is 3.77. The molecule has 0 N–H and O–H groups in total. The predicted octanol–water partition coefficient (Wildman–Crippen LogP) is 3.95. The van der Waals surface area contributed by atoms with Gasteiger partial charge in [-0.05, 0) is 37.0 Å². The normalized spacial score (nSPS) is 17.1. The van der Waals surface area contributed by atoms with E-state index in [1.807, 2.05) is 18.2 Å². The number of hydrogen-bond acceptors (Lipinski definition) is 4. The van der Waals surface area contributed by atoms with Crippen LogP contribution in [0.1, 0.15) is 49.5 Å². The maximum atomic E-state index is 14.1. The minimum Gasteiger partial charge on any atom is -0.331 e. The summed E-state index contributed by atoms with van der Waals surface area (Å²) >= 11 is 0. The van der Waals surface area contributed by atoms with Crippen molar-refractivity contribution in [3.05, 3.63) is 47.9 Å². The molecule has 0 radical (unpaired) electrons. The highest BCUT2D eigenvalue weighted by Gasteiger charge is 2.16. The third kappa shape index (κ3) is 3.74. The first-order chi connectivity index (χ1) is 10.3. The zero-order chi connectivity index (χ0) is 14.5. The Labute approximate surface area is 123 Å². The van der Waals surface area contributed by atoms with Gasteiger partial charge in [0.05, 0.1) is 6.42 Å². The van der Waals surface area contributed by atoms with Crippen LogP contribution >= 0.6 is 0 Å². The molecule has 0 aromatic carbocycles. The predicted molar refractivity (Wildman–Crippen MR) is 77.0 cm³/mol. The monoisotopic (exact) mass is 287 g/mol. The van der Waals surface area contributed by atoms with E-state index in [1.165, 1.54) is 19.3 Å². The quantitative estimate of drug-likeness (QED) is 0.854. The largest absolute Gasteiger partial charge is 0.331 e. The van der Waals surface area contributed by atoms with Gasteiger partial charge in [-0.1, -0.05) is 30.5 Å². The molecule has 0 amide bonds. The maximum absolute atomic E-state index is 14.1. The van der Waals surface area contributed by atoms with Gasteiger partial charge in [0.1, 0.15) is 0 Å². The molecular formula is C16H18FN3O. The van der Waals surface area contributed by atoms with Crippen molar-refractivity contribution < 1.29 is 8.91 Å². The van der Waals surface area contributed by atoms with Gasteiger partial charge in [-0.2, -0.15) is 4.98 Å². The zero-order valence-electron chi connectivity index (χ0n) is 11.8. The summed E-state index contributed by atoms with van der Waals surface area (Å²) in [5.74, 6) is 0.328. The molecule has 2 aromatic rings. The number of allylic oxidation sites excluding steroid dienone is 1. The van der Waals surface area contributed by atoms with Crippen LogP contribution < -0.4 is 0 Å². The SMILES string of the molecule is FC(=CC1CCCCC1)c1nc(Cc2ccccn2)no1. The van der Waals surface area contributed by atoms with Gasteiger partial charge in [-0.3, -0.25) is 4.98 Å². The molecule has 0 aliphatic heterocycles. The lowest BCUT2D eigenvalue weighted by Gasteiger charge is -2.17. The minimum atomic E-state index is -0.401. The molecule has 0 unspecified atom stereocenters. The van der Waals surface area contributed by atoms with Crippen molar-refractivity contribution in [3.8, 4) is 0 Å². The lowest BCUT2D eigenvalue weighted by Crippen LogP contribution is -2.03. The molecule has 110 valence electrons. The van der Waals surface area contributed by atoms with Crippen molar-refractivity contribution in [2.75, 3.05) is 0 Å². The van der Waals surface area contributed by atoms with E-state index in [0.29, 0.717) is 18.2 Å². The summed E-state index contributed by atoms with van der Waals surface area (Å²) in [5, 5.41) is 3.82. The lowest BCUT2D eigenvalue weighted by molar-refractivity contribution is 0.387. The van der Waals surface area contributed by atoms with Crippen LogP contribution in [0.2, 0.25) is 0 Å². The van der Waals surface area contributed by atoms with Crippen LogP contribution in [0, 0.1) is 5.92 Å². The van der Waals surface area contributed by atoms with Gasteiger partial charge >= 0.3 is 0 Å². The molecule has 1 saturated carbocycles. The van der Waals surface area contributed by atoms with Crippen molar-refractivity contribution in [2.45, 2.75) is 38.5 Å². The van der Waals surface area contributed by atoms with Gasteiger partial charge in [0.15, 0.2) is 11.7 Å². The first kappa shape index (κ1) is 13.9. The number of rotatable bonds is 4. The van der Waals surface area contributed by atoms with Crippen molar-refractivity contribution in [3.63, 3.8) is 0 Å². The smallest absolute Gasteiger partial charge is 0.286 e. The van der Waals surface area contributed by atoms with Gasteiger partial charge in [0.2, 0.25) is 0 Å². The van der Waals surface area contributed by atoms with Crippen molar-refractivity contribution >= 4 is 5.83 Å². The van der Waals surface area contributed by atoms with Crippen molar-refractivity contribution in [2.24, 2.45) is 5.92 Å². The van der Waals surface area contributed by atoms with Gasteiger partial charge in [0, 0.05) is 11.9 Å². The number of aromatic nitrogens is 3. The number of halogens is 1. The molecule has 1 fully saturated rings. The topological polar surface area (TPSA) is 51.8 Å². The fourth-order valence-electron chi connectivity index (χ4n) is 2.67. The molecule has 0 saturated heterocycles. The Morgan fingerprint density at radius 2 is 2.14 bits per heavy atom. The highest BCUT2D eigenvalue weighted by molar-refractivity contribution is 5.50. The fraction of sp³-hybridized carbons (Fsp3) is 0.438. The van der Waals surface area contributed by atoms with Crippen LogP contribution in [0.25, 0.3) is 5.83 Å². The van der Waals surface area contributed by atoms with E-state index < -0.39 is 5.83 Å². The van der Waals surface area contributed by atoms with E-state index in [2.05, 4.69) is 15.1 Å². The zero-order valence-corrected chi connectivity index (χ0v) is 11.8. The van der Waals surface area contributed by atoms with E-state index in [9.17, 15) is 4.39 Å². The second-order valence-electron chi connectivity index (χ2n) is 5.43. The van der Waals surface area contributed by atoms with Gasteiger partial charge in [0.25, 0.3) is 5.89 Å². The molecule has 0 bridgehead atoms. The Hall–Kier alpha value is -2.04. The average Bonchev–Trinajstić information content (AvgIpc) is 2.98. The van der Waals surface area contributed by atoms with Gasteiger partial charge < -0.3 is 4.52 Å². The van der Waals surface area contributed by atoms with E-state index in [-0.39, 0.29) is 5.89 Å². The molecule has 21 heavy (non-hydrogen) atoms. The van der Waals surface area contributed by atoms with Gasteiger partial charge in [-0.25, -0.2) is 4.39 Å². The van der Waals surface area contributed by atoms with Crippen LogP contribution in [0.4, 0.5) is 4.39 Å². The molecule has 1 aliphatic carbocycles. The first-order valence-electron chi connectivity index (χ1n) is 7.41. The van der Waals surface area contributed by atoms with Crippen LogP contribution in [0.5, 0.6) is 0 Å². The van der Waals surface area contributed by atoms with Crippen LogP contribution in [-0.4, -0.2) is 15.1 Å². The average molecular weight is 287 g/mol. The Morgan fingerprint density at radius 3 is 2.90 bits per heavy atom. The van der Waals surface area contributed by atoms with E-state index in [0.717, 1.165) is 18.5 Å². The van der Waals surface area contributed by atoms with Crippen molar-refractivity contribution in [1.82, 2.24) is 15.1 Å². The molecule has 0 atom stereocenters. The second-order valence-corrected chi connectivity index (χ2v) is 5.43. The summed E-state index contributed by atoms with van der Waals surface area (Å²) in [7, 11) is 0. The third-order valence-electron chi connectivity index (χ3n) is 3.77. The van der Waals surface area contributed by atoms with Crippen LogP contribution in [-0.2, 0) is 6.42 Å². The van der Waals surface area contributed by atoms with Crippen LogP contribution in [0.3, 0.4) is 0 Å². The summed E-state index contributed by atoms with van der Waals surface area (Å²) in [4.78, 5) is 8.30. The highest BCUT2D eigenvalue weighted by Crippen LogP contribution is 2.28. The minimum absolute atomic E-state index is 0.0218. The highest BCUT2D eigenvalue weighted by atomic mass is 19.1. The summed E-state index contributed by atoms with van der Waals surface area (Å²) in [6.07, 6.45) is 9.47. The first-order valence-corrected chi connectivity index (χ1v) is 7.41. The Bertz CT molecular complexity index is 603. The Kier molecular flexibility index (Phi) is 4.38. The summed E-state index contributed by atoms with van der Waals surface area (Å²) in [5.41, 5.74) is 0.835.